The Balaban J connectivity index is 2.36. The van der Waals surface area contributed by atoms with Crippen molar-refractivity contribution >= 4 is 33.5 Å². The highest BCUT2D eigenvalue weighted by Crippen LogP contribution is 2.21. The third kappa shape index (κ3) is 2.21. The summed E-state index contributed by atoms with van der Waals surface area (Å²) in [6, 6.07) is 4.97. The highest BCUT2D eigenvalue weighted by atomic mass is 32.2. The maximum atomic E-state index is 12.1. The molecule has 1 heterocycles. The molecule has 0 bridgehead atoms. The molecular formula is C11H13N3O3S. The number of anilines is 1. The Bertz CT molecular complexity index is 623. The van der Waals surface area contributed by atoms with E-state index in [9.17, 15) is 9.00 Å². The van der Waals surface area contributed by atoms with Gasteiger partial charge in [0, 0.05) is 18.8 Å². The molecule has 0 radical (unpaired) electrons. The first-order chi connectivity index (χ1) is 8.52. The first kappa shape index (κ1) is 12.6. The van der Waals surface area contributed by atoms with Gasteiger partial charge in [-0.2, -0.15) is 0 Å². The van der Waals surface area contributed by atoms with Crippen LogP contribution in [-0.2, 0) is 15.6 Å². The van der Waals surface area contributed by atoms with Crippen LogP contribution in [0.1, 0.15) is 6.92 Å². The van der Waals surface area contributed by atoms with Gasteiger partial charge in [0.15, 0.2) is 5.58 Å². The molecule has 2 unspecified atom stereocenters. The average molecular weight is 267 g/mol. The molecule has 2 aromatic rings. The first-order valence-electron chi connectivity index (χ1n) is 5.31. The summed E-state index contributed by atoms with van der Waals surface area (Å²) in [5.74, 6) is -0.324. The van der Waals surface area contributed by atoms with Crippen LogP contribution in [0.2, 0.25) is 0 Å². The molecule has 0 fully saturated rings. The average Bonchev–Trinajstić information content (AvgIpc) is 2.78. The monoisotopic (exact) mass is 267 g/mol. The predicted molar refractivity (Wildman–Crippen MR) is 68.4 cm³/mol. The fourth-order valence-electron chi connectivity index (χ4n) is 1.46. The number of rotatable bonds is 3. The van der Waals surface area contributed by atoms with Gasteiger partial charge < -0.3 is 15.5 Å². The zero-order valence-electron chi connectivity index (χ0n) is 9.97. The summed E-state index contributed by atoms with van der Waals surface area (Å²) in [6.45, 7) is 1.55. The maximum Gasteiger partial charge on any atom is 0.288 e. The lowest BCUT2D eigenvalue weighted by molar-refractivity contribution is -0.119. The van der Waals surface area contributed by atoms with Crippen LogP contribution >= 0.6 is 0 Å². The number of nitrogens with two attached hydrogens (primary N) is 1. The van der Waals surface area contributed by atoms with Crippen molar-refractivity contribution in [1.82, 2.24) is 10.3 Å². The summed E-state index contributed by atoms with van der Waals surface area (Å²) in [6.07, 6.45) is 0. The van der Waals surface area contributed by atoms with E-state index in [-0.39, 0.29) is 11.1 Å². The zero-order valence-corrected chi connectivity index (χ0v) is 10.8. The van der Waals surface area contributed by atoms with Crippen LogP contribution in [0.4, 0.5) is 5.69 Å². The number of nitrogens with one attached hydrogen (secondary N) is 1. The Kier molecular flexibility index (Phi) is 3.33. The standard InChI is InChI=1S/C11H13N3O3S/c1-6(10(15)13-2)18(16)11-14-8-4-3-7(12)5-9(8)17-11/h3-6H,12H2,1-2H3,(H,13,15). The van der Waals surface area contributed by atoms with Crippen molar-refractivity contribution in [3.05, 3.63) is 18.2 Å². The molecule has 1 amide bonds. The SMILES string of the molecule is CNC(=O)C(C)S(=O)c1nc2ccc(N)cc2o1. The third-order valence-electron chi connectivity index (χ3n) is 2.50. The number of carbonyl (C=O) groups is 1. The van der Waals surface area contributed by atoms with Gasteiger partial charge in [-0.3, -0.25) is 4.79 Å². The van der Waals surface area contributed by atoms with E-state index in [2.05, 4.69) is 10.3 Å². The van der Waals surface area contributed by atoms with Gasteiger partial charge in [0.25, 0.3) is 5.22 Å². The number of oxazole rings is 1. The number of benzene rings is 1. The van der Waals surface area contributed by atoms with Crippen molar-refractivity contribution in [2.24, 2.45) is 0 Å². The van der Waals surface area contributed by atoms with Gasteiger partial charge in [-0.25, -0.2) is 9.19 Å². The number of amides is 1. The number of fused-ring (bicyclic) bond motifs is 1. The van der Waals surface area contributed by atoms with Gasteiger partial charge in [0.1, 0.15) is 21.6 Å². The second-order valence-corrected chi connectivity index (χ2v) is 5.41. The molecule has 0 spiro atoms. The largest absolute Gasteiger partial charge is 0.430 e. The lowest BCUT2D eigenvalue weighted by Crippen LogP contribution is -2.32. The Morgan fingerprint density at radius 2 is 2.28 bits per heavy atom. The Morgan fingerprint density at radius 3 is 2.94 bits per heavy atom. The molecule has 0 saturated carbocycles. The Hall–Kier alpha value is -1.89. The Labute approximate surface area is 106 Å². The van der Waals surface area contributed by atoms with Crippen LogP contribution in [-0.4, -0.2) is 27.4 Å². The van der Waals surface area contributed by atoms with Gasteiger partial charge >= 0.3 is 0 Å². The van der Waals surface area contributed by atoms with E-state index in [4.69, 9.17) is 10.2 Å². The molecule has 1 aromatic carbocycles. The van der Waals surface area contributed by atoms with Crippen LogP contribution in [0.5, 0.6) is 0 Å². The minimum atomic E-state index is -1.63. The van der Waals surface area contributed by atoms with Crippen molar-refractivity contribution in [3.63, 3.8) is 0 Å². The van der Waals surface area contributed by atoms with Crippen LogP contribution < -0.4 is 11.1 Å². The van der Waals surface area contributed by atoms with E-state index in [1.165, 1.54) is 7.05 Å². The summed E-state index contributed by atoms with van der Waals surface area (Å²) in [7, 11) is -0.139. The lowest BCUT2D eigenvalue weighted by atomic mass is 10.3. The van der Waals surface area contributed by atoms with Gasteiger partial charge in [0.2, 0.25) is 5.91 Å². The van der Waals surface area contributed by atoms with E-state index in [0.29, 0.717) is 16.8 Å². The number of nitrogens with zero attached hydrogens (tertiary/aromatic N) is 1. The molecule has 0 saturated heterocycles. The highest BCUT2D eigenvalue weighted by molar-refractivity contribution is 7.86. The normalized spacial score (nSPS) is 14.3. The maximum absolute atomic E-state index is 12.1. The first-order valence-corrected chi connectivity index (χ1v) is 6.52. The van der Waals surface area contributed by atoms with Crippen LogP contribution in [0, 0.1) is 0 Å². The summed E-state index contributed by atoms with van der Waals surface area (Å²) in [5, 5.41) is 1.75. The molecule has 0 aliphatic carbocycles. The fraction of sp³-hybridized carbons (Fsp3) is 0.273. The van der Waals surface area contributed by atoms with Crippen molar-refractivity contribution in [2.75, 3.05) is 12.8 Å². The quantitative estimate of drug-likeness (QED) is 0.796. The van der Waals surface area contributed by atoms with Crippen LogP contribution in [0.25, 0.3) is 11.1 Å². The summed E-state index contributed by atoms with van der Waals surface area (Å²) < 4.78 is 17.4. The van der Waals surface area contributed by atoms with E-state index in [0.717, 1.165) is 0 Å². The van der Waals surface area contributed by atoms with Crippen LogP contribution in [0.3, 0.4) is 0 Å². The molecular weight excluding hydrogens is 254 g/mol. The molecule has 2 atom stereocenters. The molecule has 96 valence electrons. The molecule has 0 aliphatic rings. The second kappa shape index (κ2) is 4.77. The molecule has 6 nitrogen and oxygen atoms in total. The number of hydrogen-bond donors (Lipinski definition) is 2. The highest BCUT2D eigenvalue weighted by Gasteiger charge is 2.24. The molecule has 0 aliphatic heterocycles. The van der Waals surface area contributed by atoms with Gasteiger partial charge in [-0.15, -0.1) is 0 Å². The third-order valence-corrected chi connectivity index (χ3v) is 3.88. The summed E-state index contributed by atoms with van der Waals surface area (Å²) in [5.41, 5.74) is 7.18. The topological polar surface area (TPSA) is 98.2 Å². The van der Waals surface area contributed by atoms with Gasteiger partial charge in [-0.05, 0) is 19.1 Å². The minimum Gasteiger partial charge on any atom is -0.430 e. The molecule has 18 heavy (non-hydrogen) atoms. The minimum absolute atomic E-state index is 0.0340. The van der Waals surface area contributed by atoms with Crippen LogP contribution in [0.15, 0.2) is 27.8 Å². The molecule has 7 heteroatoms. The van der Waals surface area contributed by atoms with Crippen molar-refractivity contribution in [2.45, 2.75) is 17.4 Å². The van der Waals surface area contributed by atoms with E-state index in [1.54, 1.807) is 25.1 Å². The zero-order chi connectivity index (χ0) is 13.3. The van der Waals surface area contributed by atoms with Crippen molar-refractivity contribution < 1.29 is 13.4 Å². The lowest BCUT2D eigenvalue weighted by Gasteiger charge is -2.05. The predicted octanol–water partition coefficient (Wildman–Crippen LogP) is 0.652. The van der Waals surface area contributed by atoms with E-state index in [1.807, 2.05) is 0 Å². The van der Waals surface area contributed by atoms with Gasteiger partial charge in [0.05, 0.1) is 0 Å². The van der Waals surface area contributed by atoms with E-state index < -0.39 is 16.0 Å². The molecule has 3 N–H and O–H groups in total. The fourth-order valence-corrected chi connectivity index (χ4v) is 2.43. The summed E-state index contributed by atoms with van der Waals surface area (Å²) >= 11 is 0. The summed E-state index contributed by atoms with van der Waals surface area (Å²) in [4.78, 5) is 15.5. The second-order valence-electron chi connectivity index (χ2n) is 3.76. The van der Waals surface area contributed by atoms with E-state index >= 15 is 0 Å². The number of aromatic nitrogens is 1. The van der Waals surface area contributed by atoms with Crippen molar-refractivity contribution in [1.29, 1.82) is 0 Å². The van der Waals surface area contributed by atoms with Gasteiger partial charge in [-0.1, -0.05) is 0 Å². The Morgan fingerprint density at radius 1 is 1.56 bits per heavy atom. The number of carbonyl (C=O) groups excluding carboxylic acids is 1. The smallest absolute Gasteiger partial charge is 0.288 e. The van der Waals surface area contributed by atoms with Crippen molar-refractivity contribution in [3.8, 4) is 0 Å². The molecule has 1 aromatic heterocycles. The number of hydrogen-bond acceptors (Lipinski definition) is 5. The number of nitrogen functional groups attached to an aromatic ring is 1. The molecule has 2 rings (SSSR count).